The van der Waals surface area contributed by atoms with Crippen molar-refractivity contribution in [1.29, 1.82) is 0 Å². The van der Waals surface area contributed by atoms with Crippen molar-refractivity contribution in [3.8, 4) is 0 Å². The Morgan fingerprint density at radius 3 is 1.58 bits per heavy atom. The molecule has 0 radical (unpaired) electrons. The summed E-state index contributed by atoms with van der Waals surface area (Å²) in [5.74, 6) is 0. The van der Waals surface area contributed by atoms with Crippen LogP contribution in [0.3, 0.4) is 0 Å². The molecule has 0 saturated heterocycles. The summed E-state index contributed by atoms with van der Waals surface area (Å²) in [7, 11) is 0. The Hall–Kier alpha value is -2.04. The summed E-state index contributed by atoms with van der Waals surface area (Å²) in [4.78, 5) is 0. The third-order valence-electron chi connectivity index (χ3n) is 3.42. The molecule has 0 aliphatic heterocycles. The lowest BCUT2D eigenvalue weighted by Gasteiger charge is -2.32. The first-order valence-corrected chi connectivity index (χ1v) is 6.28. The van der Waals surface area contributed by atoms with Crippen LogP contribution in [0.4, 0.5) is 11.4 Å². The smallest absolute Gasteiger partial charge is 0.0717 e. The Morgan fingerprint density at radius 2 is 1.21 bits per heavy atom. The first-order chi connectivity index (χ1) is 9.09. The first-order valence-electron chi connectivity index (χ1n) is 6.28. The minimum atomic E-state index is -0.758. The molecule has 100 valence electrons. The van der Waals surface area contributed by atoms with Crippen molar-refractivity contribution >= 4 is 11.4 Å². The van der Waals surface area contributed by atoms with Gasteiger partial charge in [0.05, 0.1) is 5.54 Å². The molecule has 4 nitrogen and oxygen atoms in total. The molecule has 2 rings (SSSR count). The molecule has 8 N–H and O–H groups in total. The molecule has 4 heteroatoms. The van der Waals surface area contributed by atoms with Crippen LogP contribution < -0.4 is 22.9 Å². The lowest BCUT2D eigenvalue weighted by atomic mass is 9.79. The van der Waals surface area contributed by atoms with Crippen LogP contribution in [-0.2, 0) is 5.54 Å². The lowest BCUT2D eigenvalue weighted by Crippen LogP contribution is -2.41. The molecule has 0 saturated carbocycles. The average Bonchev–Trinajstić information content (AvgIpc) is 2.39. The Morgan fingerprint density at radius 1 is 0.789 bits per heavy atom. The van der Waals surface area contributed by atoms with Crippen LogP contribution in [0.1, 0.15) is 17.5 Å². The van der Waals surface area contributed by atoms with Gasteiger partial charge in [-0.1, -0.05) is 36.4 Å². The molecule has 0 amide bonds. The van der Waals surface area contributed by atoms with Crippen molar-refractivity contribution in [1.82, 2.24) is 0 Å². The Kier molecular flexibility index (Phi) is 3.74. The van der Waals surface area contributed by atoms with Gasteiger partial charge in [0, 0.05) is 11.4 Å². The predicted octanol–water partition coefficient (Wildman–Crippen LogP) is 1.40. The van der Waals surface area contributed by atoms with Gasteiger partial charge in [0.25, 0.3) is 0 Å². The number of hydrogen-bond donors (Lipinski definition) is 4. The standard InChI is InChI=1S/C15H20N4/c16-10-9-15(19,11-5-1-3-7-13(11)17)12-6-2-4-8-14(12)18/h1-8H,9-10,16-19H2. The summed E-state index contributed by atoms with van der Waals surface area (Å²) in [5, 5.41) is 0. The van der Waals surface area contributed by atoms with E-state index in [1.54, 1.807) is 0 Å². The number of rotatable bonds is 4. The van der Waals surface area contributed by atoms with Crippen LogP contribution in [0, 0.1) is 0 Å². The number of hydrogen-bond acceptors (Lipinski definition) is 4. The monoisotopic (exact) mass is 256 g/mol. The molecule has 2 aromatic rings. The summed E-state index contributed by atoms with van der Waals surface area (Å²) in [6.07, 6.45) is 0.579. The molecule has 0 heterocycles. The lowest BCUT2D eigenvalue weighted by molar-refractivity contribution is 0.503. The zero-order valence-corrected chi connectivity index (χ0v) is 10.8. The summed E-state index contributed by atoms with van der Waals surface area (Å²) < 4.78 is 0. The molecule has 0 aliphatic carbocycles. The minimum absolute atomic E-state index is 0.458. The highest BCUT2D eigenvalue weighted by Gasteiger charge is 2.32. The maximum absolute atomic E-state index is 6.61. The quantitative estimate of drug-likeness (QED) is 0.621. The molecule has 0 unspecified atom stereocenters. The normalized spacial score (nSPS) is 11.5. The molecule has 0 aliphatic rings. The largest absolute Gasteiger partial charge is 0.398 e. The van der Waals surface area contributed by atoms with Gasteiger partial charge in [0.2, 0.25) is 0 Å². The molecule has 0 fully saturated rings. The van der Waals surface area contributed by atoms with E-state index < -0.39 is 5.54 Å². The van der Waals surface area contributed by atoms with E-state index in [2.05, 4.69) is 0 Å². The third-order valence-corrected chi connectivity index (χ3v) is 3.42. The van der Waals surface area contributed by atoms with E-state index in [0.717, 1.165) is 11.1 Å². The van der Waals surface area contributed by atoms with Gasteiger partial charge < -0.3 is 22.9 Å². The van der Waals surface area contributed by atoms with Gasteiger partial charge in [-0.25, -0.2) is 0 Å². The van der Waals surface area contributed by atoms with E-state index in [1.165, 1.54) is 0 Å². The van der Waals surface area contributed by atoms with Crippen LogP contribution in [0.5, 0.6) is 0 Å². The zero-order valence-electron chi connectivity index (χ0n) is 10.8. The van der Waals surface area contributed by atoms with Gasteiger partial charge in [-0.2, -0.15) is 0 Å². The van der Waals surface area contributed by atoms with Crippen LogP contribution >= 0.6 is 0 Å². The first kappa shape index (κ1) is 13.4. The summed E-state index contributed by atoms with van der Waals surface area (Å²) in [5.41, 5.74) is 26.7. The number of nitrogen functional groups attached to an aromatic ring is 2. The molecule has 0 spiro atoms. The number of nitrogens with two attached hydrogens (primary N) is 4. The number of benzene rings is 2. The van der Waals surface area contributed by atoms with Crippen molar-refractivity contribution in [2.24, 2.45) is 11.5 Å². The van der Waals surface area contributed by atoms with Gasteiger partial charge in [0.15, 0.2) is 0 Å². The van der Waals surface area contributed by atoms with Crippen LogP contribution in [0.2, 0.25) is 0 Å². The number of para-hydroxylation sites is 2. The SMILES string of the molecule is NCCC(N)(c1ccccc1N)c1ccccc1N. The second-order valence-electron chi connectivity index (χ2n) is 4.68. The fourth-order valence-electron chi connectivity index (χ4n) is 2.45. The maximum atomic E-state index is 6.61. The van der Waals surface area contributed by atoms with E-state index >= 15 is 0 Å². The number of anilines is 2. The second kappa shape index (κ2) is 5.30. The highest BCUT2D eigenvalue weighted by Crippen LogP contribution is 2.36. The van der Waals surface area contributed by atoms with Crippen molar-refractivity contribution in [2.75, 3.05) is 18.0 Å². The summed E-state index contributed by atoms with van der Waals surface area (Å²) >= 11 is 0. The van der Waals surface area contributed by atoms with Crippen LogP contribution in [0.15, 0.2) is 48.5 Å². The Balaban J connectivity index is 2.62. The molecule has 0 aromatic heterocycles. The summed E-state index contributed by atoms with van der Waals surface area (Å²) in [6.45, 7) is 0.458. The van der Waals surface area contributed by atoms with E-state index in [1.807, 2.05) is 48.5 Å². The predicted molar refractivity (Wildman–Crippen MR) is 80.3 cm³/mol. The van der Waals surface area contributed by atoms with E-state index in [0.29, 0.717) is 24.3 Å². The second-order valence-corrected chi connectivity index (χ2v) is 4.68. The summed E-state index contributed by atoms with van der Waals surface area (Å²) in [6, 6.07) is 15.1. The molecule has 0 bridgehead atoms. The van der Waals surface area contributed by atoms with Crippen molar-refractivity contribution in [2.45, 2.75) is 12.0 Å². The fourth-order valence-corrected chi connectivity index (χ4v) is 2.45. The molecule has 2 aromatic carbocycles. The zero-order chi connectivity index (χ0) is 13.9. The van der Waals surface area contributed by atoms with Gasteiger partial charge in [-0.05, 0) is 36.2 Å². The van der Waals surface area contributed by atoms with E-state index in [4.69, 9.17) is 22.9 Å². The van der Waals surface area contributed by atoms with Crippen molar-refractivity contribution in [3.63, 3.8) is 0 Å². The van der Waals surface area contributed by atoms with Gasteiger partial charge in [-0.3, -0.25) is 0 Å². The average molecular weight is 256 g/mol. The van der Waals surface area contributed by atoms with Crippen molar-refractivity contribution < 1.29 is 0 Å². The third kappa shape index (κ3) is 2.41. The Bertz CT molecular complexity index is 520. The van der Waals surface area contributed by atoms with Crippen LogP contribution in [-0.4, -0.2) is 6.54 Å². The van der Waals surface area contributed by atoms with Crippen molar-refractivity contribution in [3.05, 3.63) is 59.7 Å². The van der Waals surface area contributed by atoms with E-state index in [9.17, 15) is 0 Å². The topological polar surface area (TPSA) is 104 Å². The minimum Gasteiger partial charge on any atom is -0.398 e. The highest BCUT2D eigenvalue weighted by atomic mass is 14.8. The Labute approximate surface area is 113 Å². The van der Waals surface area contributed by atoms with Gasteiger partial charge in [-0.15, -0.1) is 0 Å². The molecular weight excluding hydrogens is 236 g/mol. The van der Waals surface area contributed by atoms with Gasteiger partial charge >= 0.3 is 0 Å². The fraction of sp³-hybridized carbons (Fsp3) is 0.200. The maximum Gasteiger partial charge on any atom is 0.0717 e. The molecule has 0 atom stereocenters. The van der Waals surface area contributed by atoms with Gasteiger partial charge in [0.1, 0.15) is 0 Å². The highest BCUT2D eigenvalue weighted by molar-refractivity contribution is 5.60. The van der Waals surface area contributed by atoms with Crippen LogP contribution in [0.25, 0.3) is 0 Å². The molecule has 19 heavy (non-hydrogen) atoms. The molecular formula is C15H20N4. The van der Waals surface area contributed by atoms with E-state index in [-0.39, 0.29) is 0 Å².